The summed E-state index contributed by atoms with van der Waals surface area (Å²) in [5.74, 6) is 0.261. The molecule has 2 aliphatic rings. The second-order valence-electron chi connectivity index (χ2n) is 8.81. The van der Waals surface area contributed by atoms with Crippen molar-refractivity contribution in [1.29, 1.82) is 0 Å². The van der Waals surface area contributed by atoms with Crippen LogP contribution in [0.3, 0.4) is 0 Å². The first-order valence-corrected chi connectivity index (χ1v) is 11.5. The number of benzene rings is 2. The van der Waals surface area contributed by atoms with Gasteiger partial charge in [0.25, 0.3) is 5.91 Å². The molecule has 1 N–H and O–H groups in total. The standard InChI is InChI=1S/C26H30N2O6/c1-16-9-17(2)18(3)24(10-16)33-14-22(29)19-6-7-23-21(11-19)28(26(31)15-34-23)13-25(30)27-12-20-5-4-8-32-20/h6-7,9-11,20H,4-5,8,12-15H2,1-3H3,(H,27,30)/t20-/m1/s1. The number of hydrogen-bond acceptors (Lipinski definition) is 6. The largest absolute Gasteiger partial charge is 0.485 e. The average molecular weight is 467 g/mol. The topological polar surface area (TPSA) is 94.2 Å². The van der Waals surface area contributed by atoms with Crippen LogP contribution in [0, 0.1) is 20.8 Å². The van der Waals surface area contributed by atoms with E-state index in [-0.39, 0.29) is 43.5 Å². The molecule has 2 heterocycles. The van der Waals surface area contributed by atoms with Crippen LogP contribution in [0.1, 0.15) is 39.9 Å². The molecule has 0 unspecified atom stereocenters. The van der Waals surface area contributed by atoms with Gasteiger partial charge in [-0.15, -0.1) is 0 Å². The number of rotatable bonds is 8. The molecule has 0 saturated carbocycles. The van der Waals surface area contributed by atoms with Gasteiger partial charge in [0.1, 0.15) is 18.0 Å². The van der Waals surface area contributed by atoms with Gasteiger partial charge in [0, 0.05) is 18.7 Å². The molecule has 8 heteroatoms. The van der Waals surface area contributed by atoms with Crippen molar-refractivity contribution in [1.82, 2.24) is 5.32 Å². The van der Waals surface area contributed by atoms with E-state index >= 15 is 0 Å². The van der Waals surface area contributed by atoms with E-state index in [1.807, 2.05) is 26.8 Å². The fourth-order valence-electron chi connectivity index (χ4n) is 4.16. The monoisotopic (exact) mass is 466 g/mol. The van der Waals surface area contributed by atoms with Crippen molar-refractivity contribution in [2.24, 2.45) is 0 Å². The molecule has 180 valence electrons. The third kappa shape index (κ3) is 5.39. The SMILES string of the molecule is Cc1cc(C)c(C)c(OCC(=O)c2ccc3c(c2)N(CC(=O)NC[C@H]2CCCO2)C(=O)CO3)c1. The minimum atomic E-state index is -0.341. The van der Waals surface area contributed by atoms with Crippen molar-refractivity contribution in [3.8, 4) is 11.5 Å². The fourth-order valence-corrected chi connectivity index (χ4v) is 4.16. The van der Waals surface area contributed by atoms with Gasteiger partial charge in [0.15, 0.2) is 19.0 Å². The van der Waals surface area contributed by atoms with Gasteiger partial charge in [0.2, 0.25) is 5.91 Å². The Labute approximate surface area is 199 Å². The highest BCUT2D eigenvalue weighted by molar-refractivity contribution is 6.04. The van der Waals surface area contributed by atoms with E-state index in [4.69, 9.17) is 14.2 Å². The van der Waals surface area contributed by atoms with E-state index in [9.17, 15) is 14.4 Å². The van der Waals surface area contributed by atoms with Crippen LogP contribution in [0.4, 0.5) is 5.69 Å². The van der Waals surface area contributed by atoms with E-state index in [2.05, 4.69) is 11.4 Å². The lowest BCUT2D eigenvalue weighted by molar-refractivity contribution is -0.125. The van der Waals surface area contributed by atoms with Gasteiger partial charge >= 0.3 is 0 Å². The van der Waals surface area contributed by atoms with Crippen LogP contribution in [-0.2, 0) is 14.3 Å². The van der Waals surface area contributed by atoms with Gasteiger partial charge < -0.3 is 19.5 Å². The molecule has 1 atom stereocenters. The Kier molecular flexibility index (Phi) is 7.17. The molecule has 1 saturated heterocycles. The van der Waals surface area contributed by atoms with E-state index in [1.165, 1.54) is 4.90 Å². The van der Waals surface area contributed by atoms with Crippen LogP contribution in [-0.4, -0.2) is 56.6 Å². The molecule has 2 aromatic carbocycles. The summed E-state index contributed by atoms with van der Waals surface area (Å²) in [5, 5.41) is 2.83. The molecule has 4 rings (SSSR count). The average Bonchev–Trinajstić information content (AvgIpc) is 3.34. The summed E-state index contributed by atoms with van der Waals surface area (Å²) in [6.45, 7) is 6.61. The molecule has 34 heavy (non-hydrogen) atoms. The molecule has 0 bridgehead atoms. The number of nitrogens with one attached hydrogen (secondary N) is 1. The van der Waals surface area contributed by atoms with Gasteiger partial charge in [-0.3, -0.25) is 19.3 Å². The Morgan fingerprint density at radius 2 is 2.00 bits per heavy atom. The van der Waals surface area contributed by atoms with Crippen LogP contribution in [0.5, 0.6) is 11.5 Å². The number of carbonyl (C=O) groups is 3. The number of ether oxygens (including phenoxy) is 3. The maximum Gasteiger partial charge on any atom is 0.265 e. The maximum atomic E-state index is 12.9. The minimum Gasteiger partial charge on any atom is -0.485 e. The van der Waals surface area contributed by atoms with Crippen LogP contribution in [0.25, 0.3) is 0 Å². The van der Waals surface area contributed by atoms with E-state index in [1.54, 1.807) is 18.2 Å². The summed E-state index contributed by atoms with van der Waals surface area (Å²) in [7, 11) is 0. The normalized spacial score (nSPS) is 17.2. The van der Waals surface area contributed by atoms with E-state index < -0.39 is 0 Å². The first kappa shape index (κ1) is 23.8. The van der Waals surface area contributed by atoms with Crippen molar-refractivity contribution in [2.75, 3.05) is 37.8 Å². The molecule has 0 radical (unpaired) electrons. The Hall–Kier alpha value is -3.39. The van der Waals surface area contributed by atoms with Crippen LogP contribution in [0.15, 0.2) is 30.3 Å². The highest BCUT2D eigenvalue weighted by atomic mass is 16.5. The van der Waals surface area contributed by atoms with Crippen molar-refractivity contribution in [2.45, 2.75) is 39.7 Å². The zero-order valence-corrected chi connectivity index (χ0v) is 19.8. The fraction of sp³-hybridized carbons (Fsp3) is 0.423. The van der Waals surface area contributed by atoms with Gasteiger partial charge in [-0.25, -0.2) is 0 Å². The number of anilines is 1. The van der Waals surface area contributed by atoms with Crippen molar-refractivity contribution in [3.05, 3.63) is 52.6 Å². The second-order valence-corrected chi connectivity index (χ2v) is 8.81. The van der Waals surface area contributed by atoms with Crippen molar-refractivity contribution < 1.29 is 28.6 Å². The summed E-state index contributed by atoms with van der Waals surface area (Å²) in [4.78, 5) is 39.3. The lowest BCUT2D eigenvalue weighted by atomic mass is 10.1. The predicted octanol–water partition coefficient (Wildman–Crippen LogP) is 2.89. The first-order chi connectivity index (χ1) is 16.3. The molecule has 2 aliphatic heterocycles. The molecule has 1 fully saturated rings. The van der Waals surface area contributed by atoms with Crippen LogP contribution >= 0.6 is 0 Å². The molecular weight excluding hydrogens is 436 g/mol. The number of ketones is 1. The zero-order chi connectivity index (χ0) is 24.2. The number of Topliss-reactive ketones (excluding diaryl/α,β-unsaturated/α-hetero) is 1. The van der Waals surface area contributed by atoms with Crippen LogP contribution < -0.4 is 19.7 Å². The molecule has 8 nitrogen and oxygen atoms in total. The number of carbonyl (C=O) groups excluding carboxylic acids is 3. The zero-order valence-electron chi connectivity index (χ0n) is 19.8. The van der Waals surface area contributed by atoms with Crippen molar-refractivity contribution in [3.63, 3.8) is 0 Å². The minimum absolute atomic E-state index is 0.0154. The number of hydrogen-bond donors (Lipinski definition) is 1. The molecular formula is C26H30N2O6. The van der Waals surface area contributed by atoms with Gasteiger partial charge in [-0.1, -0.05) is 6.07 Å². The Balaban J connectivity index is 1.44. The van der Waals surface area contributed by atoms with E-state index in [0.717, 1.165) is 29.5 Å². The molecule has 0 aliphatic carbocycles. The Bertz CT molecular complexity index is 1110. The first-order valence-electron chi connectivity index (χ1n) is 11.5. The number of fused-ring (bicyclic) bond motifs is 1. The molecule has 0 aromatic heterocycles. The summed E-state index contributed by atoms with van der Waals surface area (Å²) in [6.07, 6.45) is 1.91. The highest BCUT2D eigenvalue weighted by Gasteiger charge is 2.29. The van der Waals surface area contributed by atoms with Gasteiger partial charge in [-0.2, -0.15) is 0 Å². The quantitative estimate of drug-likeness (QED) is 0.602. The number of amides is 2. The molecule has 2 amide bonds. The predicted molar refractivity (Wildman–Crippen MR) is 127 cm³/mol. The summed E-state index contributed by atoms with van der Waals surface area (Å²) < 4.78 is 16.8. The van der Waals surface area contributed by atoms with Crippen LogP contribution in [0.2, 0.25) is 0 Å². The summed E-state index contributed by atoms with van der Waals surface area (Å²) >= 11 is 0. The number of aryl methyl sites for hydroxylation is 2. The van der Waals surface area contributed by atoms with Gasteiger partial charge in [-0.05, 0) is 74.6 Å². The van der Waals surface area contributed by atoms with Crippen molar-refractivity contribution >= 4 is 23.3 Å². The maximum absolute atomic E-state index is 12.9. The smallest absolute Gasteiger partial charge is 0.265 e. The second kappa shape index (κ2) is 10.3. The molecule has 2 aromatic rings. The Morgan fingerprint density at radius 3 is 2.76 bits per heavy atom. The number of nitrogens with zero attached hydrogens (tertiary/aromatic N) is 1. The summed E-state index contributed by atoms with van der Waals surface area (Å²) in [5.41, 5.74) is 3.92. The summed E-state index contributed by atoms with van der Waals surface area (Å²) in [6, 6.07) is 8.85. The lowest BCUT2D eigenvalue weighted by Crippen LogP contribution is -2.46. The Morgan fingerprint density at radius 1 is 1.18 bits per heavy atom. The molecule has 0 spiro atoms. The van der Waals surface area contributed by atoms with Gasteiger partial charge in [0.05, 0.1) is 11.8 Å². The third-order valence-corrected chi connectivity index (χ3v) is 6.20. The lowest BCUT2D eigenvalue weighted by Gasteiger charge is -2.29. The highest BCUT2D eigenvalue weighted by Crippen LogP contribution is 2.33. The van der Waals surface area contributed by atoms with E-state index in [0.29, 0.717) is 35.9 Å². The third-order valence-electron chi connectivity index (χ3n) is 6.20.